The standard InChI is InChI=1S/C20H19NO4/c1-12-10-13(6-7-14(12)19(23)24)21-18(22)16-11-20(16)8-9-25-17-5-3-2-4-15(17)20/h2-7,10,16H,8-9,11H2,1H3,(H,21,22)(H,23,24)/t16-,20-/m0/s1. The molecule has 1 aliphatic carbocycles. The molecule has 2 aliphatic rings. The number of aromatic carboxylic acids is 1. The molecule has 2 aromatic carbocycles. The Kier molecular flexibility index (Phi) is 3.53. The molecule has 0 radical (unpaired) electrons. The Morgan fingerprint density at radius 1 is 1.24 bits per heavy atom. The third-order valence-electron chi connectivity index (χ3n) is 5.35. The van der Waals surface area contributed by atoms with Crippen LogP contribution in [0, 0.1) is 12.8 Å². The van der Waals surface area contributed by atoms with Crippen LogP contribution in [0.2, 0.25) is 0 Å². The fourth-order valence-electron chi connectivity index (χ4n) is 3.92. The number of hydrogen-bond donors (Lipinski definition) is 2. The van der Waals surface area contributed by atoms with Gasteiger partial charge in [-0.2, -0.15) is 0 Å². The summed E-state index contributed by atoms with van der Waals surface area (Å²) in [5.74, 6) is -0.169. The highest BCUT2D eigenvalue weighted by molar-refractivity contribution is 5.97. The van der Waals surface area contributed by atoms with E-state index in [2.05, 4.69) is 5.32 Å². The van der Waals surface area contributed by atoms with Crippen molar-refractivity contribution in [1.29, 1.82) is 0 Å². The third-order valence-corrected chi connectivity index (χ3v) is 5.35. The number of carbonyl (C=O) groups excluding carboxylic acids is 1. The van der Waals surface area contributed by atoms with Crippen molar-refractivity contribution in [3.8, 4) is 5.75 Å². The molecule has 1 fully saturated rings. The van der Waals surface area contributed by atoms with Gasteiger partial charge in [0.2, 0.25) is 5.91 Å². The first-order valence-electron chi connectivity index (χ1n) is 8.38. The van der Waals surface area contributed by atoms with Crippen molar-refractivity contribution in [3.05, 3.63) is 59.2 Å². The van der Waals surface area contributed by atoms with Gasteiger partial charge in [-0.15, -0.1) is 0 Å². The van der Waals surface area contributed by atoms with Crippen LogP contribution in [0.5, 0.6) is 5.75 Å². The van der Waals surface area contributed by atoms with E-state index in [1.54, 1.807) is 19.1 Å². The van der Waals surface area contributed by atoms with E-state index in [1.165, 1.54) is 6.07 Å². The Balaban J connectivity index is 1.53. The van der Waals surface area contributed by atoms with E-state index in [4.69, 9.17) is 9.84 Å². The lowest BCUT2D eigenvalue weighted by molar-refractivity contribution is -0.117. The summed E-state index contributed by atoms with van der Waals surface area (Å²) in [6, 6.07) is 12.8. The molecule has 1 amide bonds. The van der Waals surface area contributed by atoms with Crippen LogP contribution >= 0.6 is 0 Å². The number of carbonyl (C=O) groups is 2. The molecule has 2 N–H and O–H groups in total. The maximum Gasteiger partial charge on any atom is 0.335 e. The Bertz CT molecular complexity index is 876. The minimum Gasteiger partial charge on any atom is -0.493 e. The van der Waals surface area contributed by atoms with Crippen molar-refractivity contribution >= 4 is 17.6 Å². The number of para-hydroxylation sites is 1. The summed E-state index contributed by atoms with van der Waals surface area (Å²) in [6.45, 7) is 2.36. The van der Waals surface area contributed by atoms with Gasteiger partial charge < -0.3 is 15.2 Å². The van der Waals surface area contributed by atoms with Gasteiger partial charge >= 0.3 is 5.97 Å². The van der Waals surface area contributed by atoms with Crippen molar-refractivity contribution in [2.75, 3.05) is 11.9 Å². The largest absolute Gasteiger partial charge is 0.493 e. The van der Waals surface area contributed by atoms with Gasteiger partial charge in [0, 0.05) is 22.6 Å². The molecule has 1 spiro atoms. The molecule has 5 heteroatoms. The van der Waals surface area contributed by atoms with E-state index in [0.29, 0.717) is 17.9 Å². The van der Waals surface area contributed by atoms with Gasteiger partial charge in [-0.25, -0.2) is 4.79 Å². The first-order chi connectivity index (χ1) is 12.0. The van der Waals surface area contributed by atoms with Gasteiger partial charge in [0.15, 0.2) is 0 Å². The number of aryl methyl sites for hydroxylation is 1. The number of anilines is 1. The second-order valence-corrected chi connectivity index (χ2v) is 6.83. The van der Waals surface area contributed by atoms with Gasteiger partial charge in [-0.1, -0.05) is 18.2 Å². The Hall–Kier alpha value is -2.82. The smallest absolute Gasteiger partial charge is 0.335 e. The van der Waals surface area contributed by atoms with Crippen molar-refractivity contribution in [1.82, 2.24) is 0 Å². The first-order valence-corrected chi connectivity index (χ1v) is 8.38. The first kappa shape index (κ1) is 15.7. The molecule has 25 heavy (non-hydrogen) atoms. The summed E-state index contributed by atoms with van der Waals surface area (Å²) in [4.78, 5) is 23.8. The topological polar surface area (TPSA) is 75.6 Å². The highest BCUT2D eigenvalue weighted by Gasteiger charge is 2.60. The fraction of sp³-hybridized carbons (Fsp3) is 0.300. The van der Waals surface area contributed by atoms with Crippen molar-refractivity contribution in [2.45, 2.75) is 25.2 Å². The fourth-order valence-corrected chi connectivity index (χ4v) is 3.92. The van der Waals surface area contributed by atoms with E-state index in [-0.39, 0.29) is 22.8 Å². The lowest BCUT2D eigenvalue weighted by atomic mass is 9.87. The molecule has 1 aliphatic heterocycles. The highest BCUT2D eigenvalue weighted by Crippen LogP contribution is 2.60. The number of benzene rings is 2. The van der Waals surface area contributed by atoms with Gasteiger partial charge in [-0.3, -0.25) is 4.79 Å². The van der Waals surface area contributed by atoms with E-state index in [1.807, 2.05) is 24.3 Å². The quantitative estimate of drug-likeness (QED) is 0.900. The molecule has 0 aromatic heterocycles. The second-order valence-electron chi connectivity index (χ2n) is 6.83. The van der Waals surface area contributed by atoms with Crippen molar-refractivity contribution in [3.63, 3.8) is 0 Å². The summed E-state index contributed by atoms with van der Waals surface area (Å²) in [5.41, 5.74) is 2.52. The van der Waals surface area contributed by atoms with Crippen LogP contribution in [0.15, 0.2) is 42.5 Å². The zero-order valence-corrected chi connectivity index (χ0v) is 13.9. The van der Waals surface area contributed by atoms with Gasteiger partial charge in [0.25, 0.3) is 0 Å². The number of ether oxygens (including phenoxy) is 1. The summed E-state index contributed by atoms with van der Waals surface area (Å²) in [5, 5.41) is 12.0. The maximum absolute atomic E-state index is 12.7. The Labute approximate surface area is 145 Å². The molecular weight excluding hydrogens is 318 g/mol. The zero-order chi connectivity index (χ0) is 17.6. The summed E-state index contributed by atoms with van der Waals surface area (Å²) in [7, 11) is 0. The summed E-state index contributed by atoms with van der Waals surface area (Å²) < 4.78 is 5.71. The summed E-state index contributed by atoms with van der Waals surface area (Å²) >= 11 is 0. The molecule has 1 heterocycles. The summed E-state index contributed by atoms with van der Waals surface area (Å²) in [6.07, 6.45) is 1.67. The minimum atomic E-state index is -0.963. The number of carboxylic acid groups (broad SMARTS) is 1. The van der Waals surface area contributed by atoms with Crippen LogP contribution in [0.1, 0.15) is 34.3 Å². The molecule has 2 aromatic rings. The van der Waals surface area contributed by atoms with Crippen LogP contribution in [0.4, 0.5) is 5.69 Å². The molecule has 0 unspecified atom stereocenters. The lowest BCUT2D eigenvalue weighted by Crippen LogP contribution is -2.26. The number of nitrogens with one attached hydrogen (secondary N) is 1. The number of hydrogen-bond acceptors (Lipinski definition) is 3. The molecule has 2 atom stereocenters. The average Bonchev–Trinajstić information content (AvgIpc) is 3.30. The highest BCUT2D eigenvalue weighted by atomic mass is 16.5. The molecule has 5 nitrogen and oxygen atoms in total. The average molecular weight is 337 g/mol. The zero-order valence-electron chi connectivity index (χ0n) is 13.9. The van der Waals surface area contributed by atoms with Gasteiger partial charge in [-0.05, 0) is 49.6 Å². The van der Waals surface area contributed by atoms with Crippen LogP contribution in [0.25, 0.3) is 0 Å². The normalized spacial score (nSPS) is 23.5. The predicted molar refractivity (Wildman–Crippen MR) is 93.1 cm³/mol. The van der Waals surface area contributed by atoms with E-state index < -0.39 is 5.97 Å². The molecular formula is C20H19NO4. The van der Waals surface area contributed by atoms with Crippen LogP contribution in [-0.2, 0) is 10.2 Å². The van der Waals surface area contributed by atoms with E-state index in [9.17, 15) is 9.59 Å². The molecule has 0 saturated heterocycles. The van der Waals surface area contributed by atoms with Gasteiger partial charge in [0.05, 0.1) is 12.2 Å². The van der Waals surface area contributed by atoms with Crippen molar-refractivity contribution < 1.29 is 19.4 Å². The maximum atomic E-state index is 12.7. The number of fused-ring (bicyclic) bond motifs is 2. The molecule has 128 valence electrons. The third kappa shape index (κ3) is 2.56. The molecule has 1 saturated carbocycles. The number of carboxylic acids is 1. The predicted octanol–water partition coefficient (Wildman–Crippen LogP) is 3.37. The molecule has 4 rings (SSSR count). The lowest BCUT2D eigenvalue weighted by Gasteiger charge is -2.26. The van der Waals surface area contributed by atoms with E-state index >= 15 is 0 Å². The van der Waals surface area contributed by atoms with E-state index in [0.717, 1.165) is 24.2 Å². The number of rotatable bonds is 3. The molecule has 0 bridgehead atoms. The SMILES string of the molecule is Cc1cc(NC(=O)[C@@H]2C[C@]23CCOc2ccccc23)ccc1C(=O)O. The van der Waals surface area contributed by atoms with Crippen LogP contribution in [0.3, 0.4) is 0 Å². The Morgan fingerprint density at radius 2 is 2.04 bits per heavy atom. The minimum absolute atomic E-state index is 0.0146. The number of amides is 1. The van der Waals surface area contributed by atoms with Crippen LogP contribution < -0.4 is 10.1 Å². The Morgan fingerprint density at radius 3 is 2.80 bits per heavy atom. The van der Waals surface area contributed by atoms with Gasteiger partial charge in [0.1, 0.15) is 5.75 Å². The second kappa shape index (κ2) is 5.62. The van der Waals surface area contributed by atoms with Crippen molar-refractivity contribution in [2.24, 2.45) is 5.92 Å². The van der Waals surface area contributed by atoms with Crippen LogP contribution in [-0.4, -0.2) is 23.6 Å². The monoisotopic (exact) mass is 337 g/mol.